The summed E-state index contributed by atoms with van der Waals surface area (Å²) >= 11 is 0. The highest BCUT2D eigenvalue weighted by atomic mass is 32.2. The summed E-state index contributed by atoms with van der Waals surface area (Å²) in [5.41, 5.74) is 0. The average Bonchev–Trinajstić information content (AvgIpc) is 1.82. The molecule has 1 saturated heterocycles. The molecule has 3 heteroatoms. The van der Waals surface area contributed by atoms with Crippen molar-refractivity contribution in [1.29, 1.82) is 0 Å². The molecule has 0 bridgehead atoms. The molecule has 0 saturated carbocycles. The highest BCUT2D eigenvalue weighted by Gasteiger charge is 2.20. The second-order valence-corrected chi connectivity index (χ2v) is 6.67. The van der Waals surface area contributed by atoms with Crippen LogP contribution in [0.5, 0.6) is 0 Å². The third-order valence-electron chi connectivity index (χ3n) is 2.14. The second-order valence-electron chi connectivity index (χ2n) is 4.00. The lowest BCUT2D eigenvalue weighted by molar-refractivity contribution is 0.455. The van der Waals surface area contributed by atoms with Crippen molar-refractivity contribution >= 4 is 15.4 Å². The first-order valence-electron chi connectivity index (χ1n) is 4.58. The van der Waals surface area contributed by atoms with Gasteiger partial charge in [-0.2, -0.15) is 0 Å². The van der Waals surface area contributed by atoms with Gasteiger partial charge in [0.15, 0.2) is 0 Å². The van der Waals surface area contributed by atoms with Gasteiger partial charge in [0.05, 0.1) is 0 Å². The second kappa shape index (κ2) is 3.79. The van der Waals surface area contributed by atoms with E-state index in [9.17, 15) is 4.21 Å². The zero-order chi connectivity index (χ0) is 9.19. The molecular weight excluding hydrogens is 170 g/mol. The van der Waals surface area contributed by atoms with Gasteiger partial charge in [0.2, 0.25) is 0 Å². The Morgan fingerprint density at radius 3 is 2.75 bits per heavy atom. The van der Waals surface area contributed by atoms with Crippen molar-refractivity contribution in [3.8, 4) is 0 Å². The van der Waals surface area contributed by atoms with Crippen LogP contribution in [0.3, 0.4) is 0 Å². The largest absolute Gasteiger partial charge is 0.311 e. The summed E-state index contributed by atoms with van der Waals surface area (Å²) in [6.45, 7) is 4.25. The van der Waals surface area contributed by atoms with E-state index >= 15 is 0 Å². The van der Waals surface area contributed by atoms with E-state index < -0.39 is 9.52 Å². The van der Waals surface area contributed by atoms with Crippen molar-refractivity contribution < 1.29 is 4.21 Å². The maximum atomic E-state index is 11.6. The predicted molar refractivity (Wildman–Crippen MR) is 56.3 cm³/mol. The van der Waals surface area contributed by atoms with Gasteiger partial charge in [-0.05, 0) is 28.2 Å². The molecule has 1 aliphatic heterocycles. The minimum absolute atomic E-state index is 0.434. The Morgan fingerprint density at radius 2 is 2.25 bits per heavy atom. The quantitative estimate of drug-likeness (QED) is 0.653. The molecule has 0 aromatic heterocycles. The van der Waals surface area contributed by atoms with Crippen molar-refractivity contribution in [2.24, 2.45) is 0 Å². The van der Waals surface area contributed by atoms with Gasteiger partial charge in [0.1, 0.15) is 0 Å². The summed E-state index contributed by atoms with van der Waals surface area (Å²) < 4.78 is 11.6. The van der Waals surface area contributed by atoms with E-state index in [4.69, 9.17) is 0 Å². The van der Waals surface area contributed by atoms with Crippen molar-refractivity contribution in [1.82, 2.24) is 5.32 Å². The van der Waals surface area contributed by atoms with Crippen LogP contribution in [0.4, 0.5) is 0 Å². The Bertz CT molecular complexity index is 231. The van der Waals surface area contributed by atoms with Crippen LogP contribution < -0.4 is 5.32 Å². The van der Waals surface area contributed by atoms with Crippen LogP contribution in [0.2, 0.25) is 0 Å². The Labute approximate surface area is 75.7 Å². The summed E-state index contributed by atoms with van der Waals surface area (Å²) in [7, 11) is -1.74. The molecule has 2 nitrogen and oxygen atoms in total. The van der Waals surface area contributed by atoms with Gasteiger partial charge >= 0.3 is 0 Å². The van der Waals surface area contributed by atoms with Crippen LogP contribution in [-0.2, 0) is 9.52 Å². The van der Waals surface area contributed by atoms with Crippen molar-refractivity contribution in [2.75, 3.05) is 11.5 Å². The van der Waals surface area contributed by atoms with Crippen LogP contribution in [0.25, 0.3) is 0 Å². The maximum absolute atomic E-state index is 11.6. The highest BCUT2D eigenvalue weighted by molar-refractivity contribution is 8.00. The fourth-order valence-corrected chi connectivity index (χ4v) is 3.58. The van der Waals surface area contributed by atoms with E-state index in [1.807, 2.05) is 0 Å². The van der Waals surface area contributed by atoms with E-state index in [0.29, 0.717) is 12.1 Å². The van der Waals surface area contributed by atoms with Crippen molar-refractivity contribution in [3.63, 3.8) is 0 Å². The van der Waals surface area contributed by atoms with Gasteiger partial charge in [0, 0.05) is 23.6 Å². The average molecular weight is 189 g/mol. The molecule has 72 valence electrons. The Kier molecular flexibility index (Phi) is 3.18. The van der Waals surface area contributed by atoms with Gasteiger partial charge in [-0.25, -0.2) is 0 Å². The molecule has 0 radical (unpaired) electrons. The Morgan fingerprint density at radius 1 is 1.58 bits per heavy atom. The molecule has 2 unspecified atom stereocenters. The SMILES string of the molecule is C=S1(=O)CCCC(NC(C)C)C1. The monoisotopic (exact) mass is 189 g/mol. The van der Waals surface area contributed by atoms with E-state index in [-0.39, 0.29) is 0 Å². The highest BCUT2D eigenvalue weighted by Crippen LogP contribution is 2.12. The molecule has 1 heterocycles. The number of rotatable bonds is 2. The van der Waals surface area contributed by atoms with E-state index in [0.717, 1.165) is 24.3 Å². The maximum Gasteiger partial charge on any atom is 0.0313 e. The molecule has 0 amide bonds. The van der Waals surface area contributed by atoms with Crippen LogP contribution >= 0.6 is 0 Å². The van der Waals surface area contributed by atoms with Crippen LogP contribution in [0.15, 0.2) is 0 Å². The van der Waals surface area contributed by atoms with Crippen LogP contribution in [0.1, 0.15) is 26.7 Å². The smallest absolute Gasteiger partial charge is 0.0313 e. The first kappa shape index (κ1) is 10.1. The number of hydrogen-bond acceptors (Lipinski definition) is 2. The van der Waals surface area contributed by atoms with Crippen molar-refractivity contribution in [2.45, 2.75) is 38.8 Å². The van der Waals surface area contributed by atoms with Gasteiger partial charge in [0.25, 0.3) is 0 Å². The number of nitrogens with one attached hydrogen (secondary N) is 1. The first-order chi connectivity index (χ1) is 5.49. The zero-order valence-corrected chi connectivity index (χ0v) is 8.82. The molecule has 0 spiro atoms. The van der Waals surface area contributed by atoms with E-state index in [1.54, 1.807) is 0 Å². The van der Waals surface area contributed by atoms with E-state index in [1.165, 1.54) is 0 Å². The van der Waals surface area contributed by atoms with Crippen LogP contribution in [0, 0.1) is 0 Å². The summed E-state index contributed by atoms with van der Waals surface area (Å²) in [6, 6.07) is 0.923. The lowest BCUT2D eigenvalue weighted by Gasteiger charge is -2.27. The molecule has 1 fully saturated rings. The normalized spacial score (nSPS) is 37.1. The molecule has 0 aliphatic carbocycles. The Hall–Kier alpha value is -0.0200. The third kappa shape index (κ3) is 3.15. The van der Waals surface area contributed by atoms with Gasteiger partial charge in [-0.15, -0.1) is 0 Å². The van der Waals surface area contributed by atoms with Gasteiger partial charge < -0.3 is 5.32 Å². The van der Waals surface area contributed by atoms with Gasteiger partial charge in [-0.3, -0.25) is 4.21 Å². The third-order valence-corrected chi connectivity index (χ3v) is 4.19. The molecular formula is C9H19NOS. The molecule has 2 atom stereocenters. The molecule has 12 heavy (non-hydrogen) atoms. The molecule has 0 aromatic rings. The fraction of sp³-hybridized carbons (Fsp3) is 0.889. The summed E-state index contributed by atoms with van der Waals surface area (Å²) in [5.74, 6) is 5.37. The minimum atomic E-state index is -1.74. The molecule has 0 aromatic carbocycles. The standard InChI is InChI=1S/C9H19NOS/c1-8(2)10-9-5-4-6-12(3,11)7-9/h8-10H,3-7H2,1-2H3. The van der Waals surface area contributed by atoms with E-state index in [2.05, 4.69) is 25.0 Å². The lowest BCUT2D eigenvalue weighted by atomic mass is 10.1. The lowest BCUT2D eigenvalue weighted by Crippen LogP contribution is -2.43. The Balaban J connectivity index is 2.47. The molecule has 1 aliphatic rings. The molecule has 1 rings (SSSR count). The topological polar surface area (TPSA) is 29.1 Å². The number of hydrogen-bond donors (Lipinski definition) is 1. The zero-order valence-electron chi connectivity index (χ0n) is 8.01. The minimum Gasteiger partial charge on any atom is -0.311 e. The fourth-order valence-electron chi connectivity index (χ4n) is 1.73. The van der Waals surface area contributed by atoms with Crippen LogP contribution in [-0.4, -0.2) is 33.7 Å². The summed E-state index contributed by atoms with van der Waals surface area (Å²) in [5, 5.41) is 3.42. The first-order valence-corrected chi connectivity index (χ1v) is 6.65. The van der Waals surface area contributed by atoms with Crippen molar-refractivity contribution in [3.05, 3.63) is 0 Å². The van der Waals surface area contributed by atoms with Gasteiger partial charge in [-0.1, -0.05) is 13.8 Å². The summed E-state index contributed by atoms with van der Waals surface area (Å²) in [4.78, 5) is 0. The molecule has 1 N–H and O–H groups in total. The predicted octanol–water partition coefficient (Wildman–Crippen LogP) is 0.863. The summed E-state index contributed by atoms with van der Waals surface area (Å²) in [6.07, 6.45) is 2.22.